The van der Waals surface area contributed by atoms with Gasteiger partial charge in [0.25, 0.3) is 0 Å². The zero-order valence-electron chi connectivity index (χ0n) is 21.0. The summed E-state index contributed by atoms with van der Waals surface area (Å²) in [6.45, 7) is 6.46. The second kappa shape index (κ2) is 9.17. The number of carbonyl (C=O) groups is 1. The van der Waals surface area contributed by atoms with Crippen LogP contribution in [0.3, 0.4) is 0 Å². The fourth-order valence-corrected chi connectivity index (χ4v) is 5.00. The van der Waals surface area contributed by atoms with Crippen molar-refractivity contribution >= 4 is 11.4 Å². The number of rotatable bonds is 6. The van der Waals surface area contributed by atoms with Crippen molar-refractivity contribution in [2.75, 3.05) is 14.2 Å². The first-order chi connectivity index (χ1) is 16.9. The van der Waals surface area contributed by atoms with Crippen LogP contribution in [0, 0.1) is 0 Å². The van der Waals surface area contributed by atoms with Gasteiger partial charge in [0.15, 0.2) is 22.9 Å². The molecule has 0 bridgehead atoms. The van der Waals surface area contributed by atoms with Crippen molar-refractivity contribution in [2.24, 2.45) is 0 Å². The van der Waals surface area contributed by atoms with E-state index in [1.807, 2.05) is 24.4 Å². The molecule has 0 saturated carbocycles. The largest absolute Gasteiger partial charge is 0.493 e. The van der Waals surface area contributed by atoms with E-state index in [2.05, 4.69) is 45.0 Å². The van der Waals surface area contributed by atoms with Crippen LogP contribution in [0.25, 0.3) is 16.8 Å². The van der Waals surface area contributed by atoms with Gasteiger partial charge < -0.3 is 9.47 Å². The number of nitrogens with zero attached hydrogens (tertiary/aromatic N) is 3. The van der Waals surface area contributed by atoms with E-state index in [9.17, 15) is 4.79 Å². The molecule has 2 aromatic heterocycles. The van der Waals surface area contributed by atoms with Crippen molar-refractivity contribution < 1.29 is 14.3 Å². The zero-order chi connectivity index (χ0) is 24.7. The fraction of sp³-hybridized carbons (Fsp3) is 0.345. The molecule has 1 aliphatic rings. The van der Waals surface area contributed by atoms with Crippen molar-refractivity contribution in [1.82, 2.24) is 14.6 Å². The van der Waals surface area contributed by atoms with Crippen molar-refractivity contribution in [2.45, 2.75) is 51.9 Å². The molecule has 0 fully saturated rings. The Hall–Kier alpha value is -3.67. The Balaban J connectivity index is 1.59. The molecule has 6 heteroatoms. The smallest absolute Gasteiger partial charge is 0.166 e. The maximum absolute atomic E-state index is 13.2. The van der Waals surface area contributed by atoms with Crippen molar-refractivity contribution in [3.8, 4) is 22.6 Å². The van der Waals surface area contributed by atoms with E-state index in [0.717, 1.165) is 41.0 Å². The lowest BCUT2D eigenvalue weighted by Crippen LogP contribution is -2.21. The average molecular weight is 470 g/mol. The van der Waals surface area contributed by atoms with Crippen LogP contribution in [0.15, 0.2) is 48.7 Å². The Labute approximate surface area is 205 Å². The molecule has 1 atom stereocenters. The number of aryl methyl sites for hydroxylation is 1. The molecule has 2 heterocycles. The number of ketones is 1. The number of hydrogen-bond acceptors (Lipinski definition) is 5. The minimum absolute atomic E-state index is 0.125. The molecule has 0 radical (unpaired) electrons. The molecule has 4 aromatic rings. The van der Waals surface area contributed by atoms with Crippen LogP contribution in [0.5, 0.6) is 11.5 Å². The number of fused-ring (bicyclic) bond motifs is 2. The molecule has 0 amide bonds. The van der Waals surface area contributed by atoms with Crippen LogP contribution < -0.4 is 9.47 Å². The van der Waals surface area contributed by atoms with Crippen LogP contribution in [0.2, 0.25) is 0 Å². The Kier molecular flexibility index (Phi) is 6.05. The number of methoxy groups -OCH3 is 2. The Morgan fingerprint density at radius 2 is 1.77 bits per heavy atom. The molecule has 35 heavy (non-hydrogen) atoms. The highest BCUT2D eigenvalue weighted by molar-refractivity contribution is 5.99. The van der Waals surface area contributed by atoms with Crippen LogP contribution in [-0.2, 0) is 12.8 Å². The van der Waals surface area contributed by atoms with E-state index in [0.29, 0.717) is 29.4 Å². The number of hydrogen-bond donors (Lipinski definition) is 0. The van der Waals surface area contributed by atoms with Gasteiger partial charge in [-0.2, -0.15) is 5.10 Å². The van der Waals surface area contributed by atoms with Crippen LogP contribution in [0.4, 0.5) is 0 Å². The maximum Gasteiger partial charge on any atom is 0.166 e. The van der Waals surface area contributed by atoms with Crippen LogP contribution in [-0.4, -0.2) is 34.6 Å². The summed E-state index contributed by atoms with van der Waals surface area (Å²) in [6, 6.07) is 14.5. The number of ether oxygens (including phenoxy) is 2. The predicted octanol–water partition coefficient (Wildman–Crippen LogP) is 6.01. The minimum atomic E-state index is 0.125. The summed E-state index contributed by atoms with van der Waals surface area (Å²) in [5, 5.41) is 4.78. The predicted molar refractivity (Wildman–Crippen MR) is 137 cm³/mol. The van der Waals surface area contributed by atoms with E-state index in [1.54, 1.807) is 18.7 Å². The lowest BCUT2D eigenvalue weighted by Gasteiger charge is -2.23. The highest BCUT2D eigenvalue weighted by atomic mass is 16.5. The maximum atomic E-state index is 13.2. The van der Waals surface area contributed by atoms with Gasteiger partial charge in [-0.05, 0) is 53.5 Å². The zero-order valence-corrected chi connectivity index (χ0v) is 21.0. The monoisotopic (exact) mass is 469 g/mol. The molecule has 0 spiro atoms. The molecule has 1 aliphatic carbocycles. The lowest BCUT2D eigenvalue weighted by molar-refractivity contribution is 0.0962. The first-order valence-electron chi connectivity index (χ1n) is 12.2. The molecule has 0 saturated heterocycles. The molecule has 5 rings (SSSR count). The van der Waals surface area contributed by atoms with Gasteiger partial charge in [0.2, 0.25) is 0 Å². The summed E-state index contributed by atoms with van der Waals surface area (Å²) in [7, 11) is 3.26. The first-order valence-corrected chi connectivity index (χ1v) is 12.2. The van der Waals surface area contributed by atoms with Gasteiger partial charge >= 0.3 is 0 Å². The third-order valence-corrected chi connectivity index (χ3v) is 7.01. The van der Waals surface area contributed by atoms with E-state index in [1.165, 1.54) is 11.1 Å². The topological polar surface area (TPSA) is 65.7 Å². The van der Waals surface area contributed by atoms with E-state index < -0.39 is 0 Å². The fourth-order valence-electron chi connectivity index (χ4n) is 5.00. The number of aromatic nitrogens is 3. The molecular weight excluding hydrogens is 438 g/mol. The van der Waals surface area contributed by atoms with Gasteiger partial charge in [0.1, 0.15) is 0 Å². The molecule has 6 nitrogen and oxygen atoms in total. The molecule has 0 aliphatic heterocycles. The molecule has 180 valence electrons. The van der Waals surface area contributed by atoms with Gasteiger partial charge in [-0.3, -0.25) is 4.79 Å². The van der Waals surface area contributed by atoms with Crippen molar-refractivity contribution in [3.05, 3.63) is 76.7 Å². The quantitative estimate of drug-likeness (QED) is 0.346. The normalized spacial score (nSPS) is 15.5. The van der Waals surface area contributed by atoms with Crippen LogP contribution in [0.1, 0.15) is 71.9 Å². The van der Waals surface area contributed by atoms with E-state index >= 15 is 0 Å². The summed E-state index contributed by atoms with van der Waals surface area (Å²) in [6.07, 6.45) is 3.83. The average Bonchev–Trinajstić information content (AvgIpc) is 3.24. The Morgan fingerprint density at radius 1 is 1.03 bits per heavy atom. The molecule has 2 aromatic carbocycles. The summed E-state index contributed by atoms with van der Waals surface area (Å²) in [4.78, 5) is 18.2. The number of carbonyl (C=O) groups excluding carboxylic acids is 1. The summed E-state index contributed by atoms with van der Waals surface area (Å²) < 4.78 is 12.7. The third kappa shape index (κ3) is 4.07. The van der Waals surface area contributed by atoms with Crippen molar-refractivity contribution in [1.29, 1.82) is 0 Å². The van der Waals surface area contributed by atoms with Gasteiger partial charge in [-0.15, -0.1) is 0 Å². The second-order valence-corrected chi connectivity index (χ2v) is 9.46. The SMILES string of the molecule is CCc1nn2cc3c(nc2c1-c1ccc(OC)c(OC)c1)CC(c1ccc(C(C)C)cc1)CC3=O. The van der Waals surface area contributed by atoms with Gasteiger partial charge in [-0.1, -0.05) is 51.1 Å². The van der Waals surface area contributed by atoms with Crippen molar-refractivity contribution in [3.63, 3.8) is 0 Å². The summed E-state index contributed by atoms with van der Waals surface area (Å²) >= 11 is 0. The van der Waals surface area contributed by atoms with Crippen LogP contribution >= 0.6 is 0 Å². The molecule has 0 N–H and O–H groups in total. The second-order valence-electron chi connectivity index (χ2n) is 9.46. The highest BCUT2D eigenvalue weighted by Crippen LogP contribution is 2.37. The highest BCUT2D eigenvalue weighted by Gasteiger charge is 2.29. The van der Waals surface area contributed by atoms with Gasteiger partial charge in [-0.25, -0.2) is 9.50 Å². The third-order valence-electron chi connectivity index (χ3n) is 7.01. The first kappa shape index (κ1) is 23.1. The van der Waals surface area contributed by atoms with Gasteiger partial charge in [0, 0.05) is 18.2 Å². The molecule has 1 unspecified atom stereocenters. The molecular formula is C29H31N3O3. The Morgan fingerprint density at radius 3 is 2.43 bits per heavy atom. The Bertz CT molecular complexity index is 1400. The summed E-state index contributed by atoms with van der Waals surface area (Å²) in [5.41, 5.74) is 7.64. The lowest BCUT2D eigenvalue weighted by atomic mass is 9.81. The van der Waals surface area contributed by atoms with Gasteiger partial charge in [0.05, 0.1) is 31.2 Å². The van der Waals surface area contributed by atoms with E-state index in [4.69, 9.17) is 19.6 Å². The number of Topliss-reactive ketones (excluding diaryl/α,β-unsaturated/α-hetero) is 1. The summed E-state index contributed by atoms with van der Waals surface area (Å²) in [5.74, 6) is 2.07. The minimum Gasteiger partial charge on any atom is -0.493 e. The standard InChI is InChI=1S/C29H31N3O3/c1-6-23-28(20-11-12-26(34-4)27(15-20)35-5)29-30-24-13-21(14-25(33)22(24)16-32(29)31-23)19-9-7-18(8-10-19)17(2)3/h7-12,15-17,21H,6,13-14H2,1-5H3. The van der Waals surface area contributed by atoms with E-state index in [-0.39, 0.29) is 11.7 Å². The number of benzene rings is 2.